The maximum absolute atomic E-state index is 13.1. The third-order valence-electron chi connectivity index (χ3n) is 4.47. The second kappa shape index (κ2) is 6.64. The largest absolute Gasteiger partial charge is 0.378 e. The number of rotatable bonds is 3. The van der Waals surface area contributed by atoms with Gasteiger partial charge in [-0.25, -0.2) is 4.39 Å². The fraction of sp³-hybridized carbons (Fsp3) is 0.263. The Bertz CT molecular complexity index is 899. The van der Waals surface area contributed by atoms with Gasteiger partial charge < -0.3 is 14.2 Å². The number of pyridine rings is 1. The van der Waals surface area contributed by atoms with Gasteiger partial charge in [-0.1, -0.05) is 12.1 Å². The summed E-state index contributed by atoms with van der Waals surface area (Å²) in [5, 5.41) is 0. The van der Waals surface area contributed by atoms with E-state index in [4.69, 9.17) is 4.74 Å². The quantitative estimate of drug-likeness (QED) is 0.737. The first-order valence-corrected chi connectivity index (χ1v) is 8.27. The number of carbonyl (C=O) groups excluding carboxylic acids is 1. The van der Waals surface area contributed by atoms with Gasteiger partial charge in [-0.05, 0) is 29.8 Å². The number of fused-ring (bicyclic) bond motifs is 1. The van der Waals surface area contributed by atoms with E-state index in [1.807, 2.05) is 27.8 Å². The third kappa shape index (κ3) is 3.25. The van der Waals surface area contributed by atoms with Crippen LogP contribution in [0.5, 0.6) is 0 Å². The lowest BCUT2D eigenvalue weighted by molar-refractivity contribution is -0.135. The number of aromatic nitrogens is 2. The van der Waals surface area contributed by atoms with Gasteiger partial charge in [0.05, 0.1) is 24.2 Å². The second-order valence-electron chi connectivity index (χ2n) is 6.07. The summed E-state index contributed by atoms with van der Waals surface area (Å²) < 4.78 is 20.3. The van der Waals surface area contributed by atoms with E-state index in [0.717, 1.165) is 22.2 Å². The van der Waals surface area contributed by atoms with Crippen molar-refractivity contribution >= 4 is 16.9 Å². The smallest absolute Gasteiger partial charge is 0.242 e. The molecule has 0 spiro atoms. The zero-order chi connectivity index (χ0) is 17.2. The molecule has 1 aliphatic heterocycles. The summed E-state index contributed by atoms with van der Waals surface area (Å²) in [5.41, 5.74) is 3.51. The molecule has 1 fully saturated rings. The van der Waals surface area contributed by atoms with Crippen LogP contribution in [0.3, 0.4) is 0 Å². The number of amides is 1. The second-order valence-corrected chi connectivity index (χ2v) is 6.07. The SMILES string of the molecule is O=C(Cn1ccc2ncc(-c3ccc(F)cc3)cc21)N1CCOCC1. The normalized spacial score (nSPS) is 14.8. The van der Waals surface area contributed by atoms with E-state index in [1.165, 1.54) is 12.1 Å². The van der Waals surface area contributed by atoms with Gasteiger partial charge in [0.2, 0.25) is 5.91 Å². The van der Waals surface area contributed by atoms with Crippen molar-refractivity contribution in [3.8, 4) is 11.1 Å². The highest BCUT2D eigenvalue weighted by atomic mass is 19.1. The van der Waals surface area contributed by atoms with Gasteiger partial charge in [0.25, 0.3) is 0 Å². The molecule has 1 aliphatic rings. The number of nitrogens with zero attached hydrogens (tertiary/aromatic N) is 3. The molecule has 0 radical (unpaired) electrons. The van der Waals surface area contributed by atoms with Crippen molar-refractivity contribution in [2.45, 2.75) is 6.54 Å². The Morgan fingerprint density at radius 3 is 2.64 bits per heavy atom. The topological polar surface area (TPSA) is 47.4 Å². The number of carbonyl (C=O) groups is 1. The van der Waals surface area contributed by atoms with Crippen LogP contribution in [0.25, 0.3) is 22.2 Å². The zero-order valence-electron chi connectivity index (χ0n) is 13.7. The van der Waals surface area contributed by atoms with Gasteiger partial charge in [-0.15, -0.1) is 0 Å². The van der Waals surface area contributed by atoms with E-state index >= 15 is 0 Å². The Balaban J connectivity index is 1.62. The summed E-state index contributed by atoms with van der Waals surface area (Å²) in [6, 6.07) is 10.2. The summed E-state index contributed by atoms with van der Waals surface area (Å²) in [5.74, 6) is -0.190. The van der Waals surface area contributed by atoms with E-state index in [1.54, 1.807) is 18.3 Å². The van der Waals surface area contributed by atoms with Crippen molar-refractivity contribution in [1.29, 1.82) is 0 Å². The highest BCUT2D eigenvalue weighted by Gasteiger charge is 2.18. The number of hydrogen-bond acceptors (Lipinski definition) is 3. The van der Waals surface area contributed by atoms with Crippen LogP contribution in [0.1, 0.15) is 0 Å². The van der Waals surface area contributed by atoms with Crippen molar-refractivity contribution in [1.82, 2.24) is 14.5 Å². The van der Waals surface area contributed by atoms with Crippen molar-refractivity contribution in [2.24, 2.45) is 0 Å². The van der Waals surface area contributed by atoms with Crippen LogP contribution >= 0.6 is 0 Å². The van der Waals surface area contributed by atoms with Crippen LogP contribution < -0.4 is 0 Å². The molecule has 4 rings (SSSR count). The van der Waals surface area contributed by atoms with Crippen LogP contribution in [-0.4, -0.2) is 46.7 Å². The van der Waals surface area contributed by atoms with Crippen molar-refractivity contribution in [3.05, 3.63) is 54.6 Å². The molecule has 3 aromatic rings. The minimum absolute atomic E-state index is 0.0768. The number of benzene rings is 1. The number of morpholine rings is 1. The van der Waals surface area contributed by atoms with E-state index in [0.29, 0.717) is 26.3 Å². The molecule has 1 amide bonds. The van der Waals surface area contributed by atoms with Crippen molar-refractivity contribution < 1.29 is 13.9 Å². The molecule has 3 heterocycles. The van der Waals surface area contributed by atoms with Crippen LogP contribution in [-0.2, 0) is 16.1 Å². The van der Waals surface area contributed by atoms with E-state index in [-0.39, 0.29) is 18.3 Å². The van der Waals surface area contributed by atoms with Gasteiger partial charge in [0, 0.05) is 31.0 Å². The Morgan fingerprint density at radius 2 is 1.88 bits per heavy atom. The molecule has 128 valence electrons. The molecule has 0 saturated carbocycles. The number of halogens is 1. The minimum Gasteiger partial charge on any atom is -0.378 e. The first-order valence-electron chi connectivity index (χ1n) is 8.27. The zero-order valence-corrected chi connectivity index (χ0v) is 13.7. The lowest BCUT2D eigenvalue weighted by Crippen LogP contribution is -2.42. The van der Waals surface area contributed by atoms with Gasteiger partial charge >= 0.3 is 0 Å². The average Bonchev–Trinajstić information content (AvgIpc) is 3.05. The molecule has 0 atom stereocenters. The Kier molecular flexibility index (Phi) is 4.19. The molecule has 1 aromatic carbocycles. The van der Waals surface area contributed by atoms with Gasteiger partial charge in [0.15, 0.2) is 0 Å². The van der Waals surface area contributed by atoms with E-state index < -0.39 is 0 Å². The van der Waals surface area contributed by atoms with Gasteiger partial charge in [0.1, 0.15) is 12.4 Å². The number of hydrogen-bond donors (Lipinski definition) is 0. The molecule has 1 saturated heterocycles. The first-order chi connectivity index (χ1) is 12.2. The molecular formula is C19H18FN3O2. The van der Waals surface area contributed by atoms with Crippen LogP contribution in [0, 0.1) is 5.82 Å². The fourth-order valence-corrected chi connectivity index (χ4v) is 3.06. The lowest BCUT2D eigenvalue weighted by Gasteiger charge is -2.27. The first kappa shape index (κ1) is 15.8. The summed E-state index contributed by atoms with van der Waals surface area (Å²) in [4.78, 5) is 18.8. The molecular weight excluding hydrogens is 321 g/mol. The summed E-state index contributed by atoms with van der Waals surface area (Å²) in [6.07, 6.45) is 3.65. The Labute approximate surface area is 144 Å². The monoisotopic (exact) mass is 339 g/mol. The minimum atomic E-state index is -0.266. The standard InChI is InChI=1S/C19H18FN3O2/c20-16-3-1-14(2-4-16)15-11-18-17(21-12-15)5-6-23(18)13-19(24)22-7-9-25-10-8-22/h1-6,11-12H,7-10,13H2. The maximum Gasteiger partial charge on any atom is 0.242 e. The highest BCUT2D eigenvalue weighted by Crippen LogP contribution is 2.23. The summed E-state index contributed by atoms with van der Waals surface area (Å²) in [7, 11) is 0. The predicted octanol–water partition coefficient (Wildman–Crippen LogP) is 2.70. The van der Waals surface area contributed by atoms with Crippen LogP contribution in [0.4, 0.5) is 4.39 Å². The Morgan fingerprint density at radius 1 is 1.12 bits per heavy atom. The van der Waals surface area contributed by atoms with E-state index in [9.17, 15) is 9.18 Å². The molecule has 5 nitrogen and oxygen atoms in total. The van der Waals surface area contributed by atoms with Crippen LogP contribution in [0.2, 0.25) is 0 Å². The van der Waals surface area contributed by atoms with Crippen molar-refractivity contribution in [3.63, 3.8) is 0 Å². The van der Waals surface area contributed by atoms with Gasteiger partial charge in [-0.3, -0.25) is 9.78 Å². The lowest BCUT2D eigenvalue weighted by atomic mass is 10.1. The van der Waals surface area contributed by atoms with Crippen molar-refractivity contribution in [2.75, 3.05) is 26.3 Å². The maximum atomic E-state index is 13.1. The molecule has 0 bridgehead atoms. The average molecular weight is 339 g/mol. The van der Waals surface area contributed by atoms with Gasteiger partial charge in [-0.2, -0.15) is 0 Å². The molecule has 0 aliphatic carbocycles. The third-order valence-corrected chi connectivity index (χ3v) is 4.47. The predicted molar refractivity (Wildman–Crippen MR) is 92.5 cm³/mol. The highest BCUT2D eigenvalue weighted by molar-refractivity contribution is 5.84. The number of ether oxygens (including phenoxy) is 1. The molecule has 6 heteroatoms. The molecule has 2 aromatic heterocycles. The van der Waals surface area contributed by atoms with E-state index in [2.05, 4.69) is 4.98 Å². The molecule has 0 N–H and O–H groups in total. The molecule has 25 heavy (non-hydrogen) atoms. The molecule has 0 unspecified atom stereocenters. The summed E-state index contributed by atoms with van der Waals surface area (Å²) in [6.45, 7) is 2.73. The van der Waals surface area contributed by atoms with Crippen LogP contribution in [0.15, 0.2) is 48.8 Å². The summed E-state index contributed by atoms with van der Waals surface area (Å²) >= 11 is 0. The fourth-order valence-electron chi connectivity index (χ4n) is 3.06. The Hall–Kier alpha value is -2.73.